The second kappa shape index (κ2) is 6.89. The average molecular weight is 237 g/mol. The second-order valence-corrected chi connectivity index (χ2v) is 3.91. The summed E-state index contributed by atoms with van der Waals surface area (Å²) in [6, 6.07) is 5.69. The predicted octanol–water partition coefficient (Wildman–Crippen LogP) is 3.18. The highest BCUT2D eigenvalue weighted by molar-refractivity contribution is 5.43. The molecule has 0 heterocycles. The zero-order chi connectivity index (χ0) is 12.7. The predicted molar refractivity (Wildman–Crippen MR) is 67.7 cm³/mol. The van der Waals surface area contributed by atoms with Gasteiger partial charge in [0.1, 0.15) is 0 Å². The van der Waals surface area contributed by atoms with Crippen LogP contribution in [0.4, 0.5) is 0 Å². The standard InChI is InChI=1S/C13H19NO3/c1-4-17-13-9-11(6-5-10(2)14-15)7-8-12(13)16-3/h7-10H,4-6H2,1-3H3. The molecule has 1 unspecified atom stereocenters. The summed E-state index contributed by atoms with van der Waals surface area (Å²) in [5.74, 6) is 1.48. The van der Waals surface area contributed by atoms with Crippen molar-refractivity contribution < 1.29 is 9.47 Å². The Morgan fingerprint density at radius 2 is 2.12 bits per heavy atom. The number of hydrogen-bond acceptors (Lipinski definition) is 4. The Hall–Kier alpha value is -1.58. The van der Waals surface area contributed by atoms with Crippen LogP contribution in [0.2, 0.25) is 0 Å². The van der Waals surface area contributed by atoms with Gasteiger partial charge in [0.15, 0.2) is 11.5 Å². The highest BCUT2D eigenvalue weighted by Gasteiger charge is 2.07. The van der Waals surface area contributed by atoms with Gasteiger partial charge < -0.3 is 9.47 Å². The molecule has 1 rings (SSSR count). The van der Waals surface area contributed by atoms with Gasteiger partial charge in [0.05, 0.1) is 19.8 Å². The Morgan fingerprint density at radius 3 is 2.71 bits per heavy atom. The molecule has 0 N–H and O–H groups in total. The van der Waals surface area contributed by atoms with Gasteiger partial charge in [-0.15, -0.1) is 0 Å². The highest BCUT2D eigenvalue weighted by atomic mass is 16.5. The second-order valence-electron chi connectivity index (χ2n) is 3.91. The molecule has 0 aliphatic rings. The maximum Gasteiger partial charge on any atom is 0.161 e. The third-order valence-corrected chi connectivity index (χ3v) is 2.56. The number of aryl methyl sites for hydroxylation is 1. The molecule has 0 aliphatic carbocycles. The Kier molecular flexibility index (Phi) is 5.46. The van der Waals surface area contributed by atoms with Crippen molar-refractivity contribution in [3.05, 3.63) is 28.7 Å². The van der Waals surface area contributed by atoms with Crippen molar-refractivity contribution in [2.75, 3.05) is 13.7 Å². The van der Waals surface area contributed by atoms with Crippen LogP contribution in [0.1, 0.15) is 25.8 Å². The molecule has 0 aliphatic heterocycles. The van der Waals surface area contributed by atoms with Gasteiger partial charge in [-0.25, -0.2) is 0 Å². The molecular formula is C13H19NO3. The molecule has 1 aromatic rings. The first-order chi connectivity index (χ1) is 8.21. The summed E-state index contributed by atoms with van der Waals surface area (Å²) in [7, 11) is 1.62. The molecule has 0 spiro atoms. The van der Waals surface area contributed by atoms with Gasteiger partial charge in [-0.2, -0.15) is 4.91 Å². The lowest BCUT2D eigenvalue weighted by Crippen LogP contribution is -2.00. The van der Waals surface area contributed by atoms with E-state index in [1.807, 2.05) is 32.0 Å². The van der Waals surface area contributed by atoms with Gasteiger partial charge in [0.2, 0.25) is 0 Å². The number of nitrogens with zero attached hydrogens (tertiary/aromatic N) is 1. The van der Waals surface area contributed by atoms with E-state index < -0.39 is 0 Å². The molecule has 0 aromatic heterocycles. The van der Waals surface area contributed by atoms with Crippen LogP contribution in [0.25, 0.3) is 0 Å². The molecule has 0 saturated carbocycles. The third kappa shape index (κ3) is 4.06. The lowest BCUT2D eigenvalue weighted by molar-refractivity contribution is 0.310. The fraction of sp³-hybridized carbons (Fsp3) is 0.538. The minimum absolute atomic E-state index is 0.146. The topological polar surface area (TPSA) is 47.9 Å². The van der Waals surface area contributed by atoms with Gasteiger partial charge in [-0.3, -0.25) is 0 Å². The summed E-state index contributed by atoms with van der Waals surface area (Å²) in [5.41, 5.74) is 1.13. The third-order valence-electron chi connectivity index (χ3n) is 2.56. The van der Waals surface area contributed by atoms with Gasteiger partial charge in [0.25, 0.3) is 0 Å². The Labute approximate surface area is 102 Å². The maximum absolute atomic E-state index is 10.3. The van der Waals surface area contributed by atoms with Gasteiger partial charge in [0, 0.05) is 0 Å². The number of benzene rings is 1. The minimum Gasteiger partial charge on any atom is -0.493 e. The summed E-state index contributed by atoms with van der Waals surface area (Å²) in [5, 5.41) is 2.99. The molecule has 0 saturated heterocycles. The average Bonchev–Trinajstić information content (AvgIpc) is 2.36. The Morgan fingerprint density at radius 1 is 1.35 bits per heavy atom. The monoisotopic (exact) mass is 237 g/mol. The molecule has 17 heavy (non-hydrogen) atoms. The lowest BCUT2D eigenvalue weighted by atomic mass is 10.1. The van der Waals surface area contributed by atoms with E-state index >= 15 is 0 Å². The Bertz CT molecular complexity index is 366. The van der Waals surface area contributed by atoms with Crippen molar-refractivity contribution in [2.24, 2.45) is 5.18 Å². The minimum atomic E-state index is -0.146. The van der Waals surface area contributed by atoms with Gasteiger partial charge in [-0.05, 0) is 44.4 Å². The highest BCUT2D eigenvalue weighted by Crippen LogP contribution is 2.28. The molecule has 0 amide bonds. The first-order valence-corrected chi connectivity index (χ1v) is 5.83. The van der Waals surface area contributed by atoms with Crippen LogP contribution in [0.3, 0.4) is 0 Å². The van der Waals surface area contributed by atoms with E-state index in [1.54, 1.807) is 7.11 Å². The normalized spacial score (nSPS) is 11.9. The van der Waals surface area contributed by atoms with E-state index in [2.05, 4.69) is 5.18 Å². The van der Waals surface area contributed by atoms with Crippen molar-refractivity contribution in [2.45, 2.75) is 32.7 Å². The van der Waals surface area contributed by atoms with Crippen LogP contribution in [0.5, 0.6) is 11.5 Å². The summed E-state index contributed by atoms with van der Waals surface area (Å²) in [6.45, 7) is 4.36. The van der Waals surface area contributed by atoms with E-state index in [-0.39, 0.29) is 6.04 Å². The first-order valence-electron chi connectivity index (χ1n) is 5.83. The summed E-state index contributed by atoms with van der Waals surface area (Å²) < 4.78 is 10.7. The molecule has 1 aromatic carbocycles. The first kappa shape index (κ1) is 13.5. The summed E-state index contributed by atoms with van der Waals surface area (Å²) in [6.07, 6.45) is 1.57. The Balaban J connectivity index is 2.73. The van der Waals surface area contributed by atoms with Crippen LogP contribution in [0, 0.1) is 4.91 Å². The van der Waals surface area contributed by atoms with E-state index in [9.17, 15) is 4.91 Å². The van der Waals surface area contributed by atoms with Crippen LogP contribution >= 0.6 is 0 Å². The van der Waals surface area contributed by atoms with Crippen LogP contribution < -0.4 is 9.47 Å². The molecule has 0 fully saturated rings. The SMILES string of the molecule is CCOc1cc(CCC(C)N=O)ccc1OC. The fourth-order valence-corrected chi connectivity index (χ4v) is 1.57. The smallest absolute Gasteiger partial charge is 0.161 e. The van der Waals surface area contributed by atoms with Crippen molar-refractivity contribution in [3.8, 4) is 11.5 Å². The maximum atomic E-state index is 10.3. The molecule has 0 radical (unpaired) electrons. The molecule has 4 nitrogen and oxygen atoms in total. The van der Waals surface area contributed by atoms with Crippen LogP contribution in [-0.2, 0) is 6.42 Å². The number of ether oxygens (including phenoxy) is 2. The van der Waals surface area contributed by atoms with Gasteiger partial charge in [-0.1, -0.05) is 11.2 Å². The number of nitroso groups, excluding NO2 is 1. The zero-order valence-corrected chi connectivity index (χ0v) is 10.6. The van der Waals surface area contributed by atoms with Crippen molar-refractivity contribution >= 4 is 0 Å². The number of hydrogen-bond donors (Lipinski definition) is 0. The van der Waals surface area contributed by atoms with Crippen molar-refractivity contribution in [1.82, 2.24) is 0 Å². The van der Waals surface area contributed by atoms with Gasteiger partial charge >= 0.3 is 0 Å². The number of rotatable bonds is 7. The van der Waals surface area contributed by atoms with Crippen LogP contribution in [0.15, 0.2) is 23.4 Å². The quantitative estimate of drug-likeness (QED) is 0.684. The number of methoxy groups -OCH3 is 1. The lowest BCUT2D eigenvalue weighted by Gasteiger charge is -2.11. The molecule has 0 bridgehead atoms. The molecule has 4 heteroatoms. The van der Waals surface area contributed by atoms with Crippen LogP contribution in [-0.4, -0.2) is 19.8 Å². The van der Waals surface area contributed by atoms with Crippen molar-refractivity contribution in [3.63, 3.8) is 0 Å². The van der Waals surface area contributed by atoms with E-state index in [0.717, 1.165) is 29.9 Å². The van der Waals surface area contributed by atoms with E-state index in [1.165, 1.54) is 0 Å². The summed E-state index contributed by atoms with van der Waals surface area (Å²) >= 11 is 0. The molecule has 94 valence electrons. The largest absolute Gasteiger partial charge is 0.493 e. The van der Waals surface area contributed by atoms with E-state index in [4.69, 9.17) is 9.47 Å². The zero-order valence-electron chi connectivity index (χ0n) is 10.6. The van der Waals surface area contributed by atoms with Crippen molar-refractivity contribution in [1.29, 1.82) is 0 Å². The fourth-order valence-electron chi connectivity index (χ4n) is 1.57. The molecular weight excluding hydrogens is 218 g/mol. The summed E-state index contributed by atoms with van der Waals surface area (Å²) in [4.78, 5) is 10.3. The van der Waals surface area contributed by atoms with E-state index in [0.29, 0.717) is 6.61 Å². The molecule has 1 atom stereocenters.